The van der Waals surface area contributed by atoms with E-state index in [9.17, 15) is 14.4 Å². The van der Waals surface area contributed by atoms with Crippen molar-refractivity contribution in [2.75, 3.05) is 0 Å². The Morgan fingerprint density at radius 1 is 0.658 bits per heavy atom. The van der Waals surface area contributed by atoms with Gasteiger partial charge < -0.3 is 0 Å². The Hall–Kier alpha value is -4.87. The Morgan fingerprint density at radius 3 is 1.37 bits per heavy atom. The molecular formula is C33H24N2O3. The third kappa shape index (κ3) is 3.90. The van der Waals surface area contributed by atoms with Gasteiger partial charge in [0.05, 0.1) is 19.1 Å². The van der Waals surface area contributed by atoms with E-state index in [-0.39, 0.29) is 35.9 Å². The Morgan fingerprint density at radius 2 is 1.00 bits per heavy atom. The number of aryl methyl sites for hydroxylation is 4. The van der Waals surface area contributed by atoms with Crippen LogP contribution in [0, 0.1) is 45.6 Å². The fourth-order valence-corrected chi connectivity index (χ4v) is 5.36. The Kier molecular flexibility index (Phi) is 6.02. The highest BCUT2D eigenvalue weighted by atomic mass is 16.2. The quantitative estimate of drug-likeness (QED) is 0.144. The highest BCUT2D eigenvalue weighted by Gasteiger charge is 2.29. The van der Waals surface area contributed by atoms with Crippen molar-refractivity contribution < 1.29 is 14.4 Å². The largest absolute Gasteiger partial charge is 0.294 e. The topological polar surface area (TPSA) is 79.4 Å². The summed E-state index contributed by atoms with van der Waals surface area (Å²) in [5.74, 6) is -0.111. The molecule has 0 aromatic heterocycles. The van der Waals surface area contributed by atoms with E-state index < -0.39 is 0 Å². The fraction of sp³-hybridized carbons (Fsp3) is 0.182. The van der Waals surface area contributed by atoms with Gasteiger partial charge in [-0.2, -0.15) is 0 Å². The second-order valence-corrected chi connectivity index (χ2v) is 9.96. The first kappa shape index (κ1) is 24.8. The zero-order valence-corrected chi connectivity index (χ0v) is 21.7. The minimum absolute atomic E-state index is 0.0146. The van der Waals surface area contributed by atoms with Crippen LogP contribution in [0.2, 0.25) is 0 Å². The van der Waals surface area contributed by atoms with E-state index >= 15 is 0 Å². The van der Waals surface area contributed by atoms with E-state index in [2.05, 4.69) is 4.85 Å². The van der Waals surface area contributed by atoms with Crippen LogP contribution < -0.4 is 0 Å². The van der Waals surface area contributed by atoms with Gasteiger partial charge in [0.15, 0.2) is 17.3 Å². The zero-order valence-electron chi connectivity index (χ0n) is 21.7. The van der Waals surface area contributed by atoms with E-state index in [4.69, 9.17) is 11.8 Å². The van der Waals surface area contributed by atoms with Crippen molar-refractivity contribution in [1.82, 2.24) is 0 Å². The molecule has 0 N–H and O–H groups in total. The third-order valence-electron chi connectivity index (χ3n) is 7.57. The molecule has 0 unspecified atom stereocenters. The van der Waals surface area contributed by atoms with Crippen molar-refractivity contribution in [2.24, 2.45) is 0 Å². The molecular weight excluding hydrogens is 472 g/mol. The normalized spacial score (nSPS) is 15.1. The summed E-state index contributed by atoms with van der Waals surface area (Å²) in [6, 6.07) is 17.7. The molecule has 0 fully saturated rings. The number of Topliss-reactive ketones (excluding diaryl/α,β-unsaturated/α-hetero) is 3. The second kappa shape index (κ2) is 9.21. The molecule has 4 aromatic rings. The SMILES string of the molecule is Cc1ccc(C)c2cc3c(cc12)C(=O)CC3=O.[C-]#[N+]/C(C#N)=C1/CC(=O)c2cc3c(C)ccc(C)c3cc21. The van der Waals surface area contributed by atoms with Crippen molar-refractivity contribution in [3.63, 3.8) is 0 Å². The Bertz CT molecular complexity index is 1800. The van der Waals surface area contributed by atoms with Gasteiger partial charge in [0.25, 0.3) is 5.70 Å². The van der Waals surface area contributed by atoms with E-state index in [1.165, 1.54) is 0 Å². The van der Waals surface area contributed by atoms with Crippen LogP contribution in [-0.2, 0) is 0 Å². The summed E-state index contributed by atoms with van der Waals surface area (Å²) in [4.78, 5) is 38.9. The van der Waals surface area contributed by atoms with Gasteiger partial charge >= 0.3 is 0 Å². The van der Waals surface area contributed by atoms with Crippen LogP contribution in [0.3, 0.4) is 0 Å². The first-order valence-corrected chi connectivity index (χ1v) is 12.3. The van der Waals surface area contributed by atoms with Crippen molar-refractivity contribution >= 4 is 44.5 Å². The molecule has 0 aliphatic heterocycles. The first-order chi connectivity index (χ1) is 18.1. The molecule has 2 aliphatic rings. The van der Waals surface area contributed by atoms with E-state index in [0.29, 0.717) is 22.3 Å². The van der Waals surface area contributed by atoms with Gasteiger partial charge in [0, 0.05) is 23.1 Å². The van der Waals surface area contributed by atoms with Gasteiger partial charge in [0.1, 0.15) is 0 Å². The molecule has 2 aliphatic carbocycles. The van der Waals surface area contributed by atoms with Crippen LogP contribution in [0.25, 0.3) is 32.0 Å². The van der Waals surface area contributed by atoms with Crippen molar-refractivity contribution in [3.8, 4) is 6.07 Å². The van der Waals surface area contributed by atoms with Crippen molar-refractivity contribution in [3.05, 3.63) is 110 Å². The number of rotatable bonds is 0. The molecule has 184 valence electrons. The smallest absolute Gasteiger partial charge is 0.266 e. The third-order valence-corrected chi connectivity index (χ3v) is 7.57. The summed E-state index contributed by atoms with van der Waals surface area (Å²) in [5, 5.41) is 13.4. The van der Waals surface area contributed by atoms with Gasteiger partial charge in [-0.15, -0.1) is 0 Å². The number of benzene rings is 4. The lowest BCUT2D eigenvalue weighted by atomic mass is 9.95. The predicted octanol–water partition coefficient (Wildman–Crippen LogP) is 7.42. The molecule has 0 radical (unpaired) electrons. The number of ketones is 3. The maximum atomic E-state index is 12.2. The fourth-order valence-electron chi connectivity index (χ4n) is 5.36. The monoisotopic (exact) mass is 496 g/mol. The molecule has 0 spiro atoms. The average Bonchev–Trinajstić information content (AvgIpc) is 3.38. The van der Waals surface area contributed by atoms with Gasteiger partial charge in [-0.1, -0.05) is 24.3 Å². The van der Waals surface area contributed by atoms with Crippen LogP contribution in [0.5, 0.6) is 0 Å². The summed E-state index contributed by atoms with van der Waals surface area (Å²) in [6.45, 7) is 15.2. The molecule has 5 nitrogen and oxygen atoms in total. The molecule has 0 saturated heterocycles. The van der Waals surface area contributed by atoms with E-state index in [1.807, 2.05) is 82.3 Å². The lowest BCUT2D eigenvalue weighted by Crippen LogP contribution is -1.93. The number of fused-ring (bicyclic) bond motifs is 4. The summed E-state index contributed by atoms with van der Waals surface area (Å²) < 4.78 is 0. The van der Waals surface area contributed by atoms with Crippen LogP contribution in [0.1, 0.15) is 71.7 Å². The maximum absolute atomic E-state index is 12.2. The Labute approximate surface area is 220 Å². The molecule has 0 atom stereocenters. The van der Waals surface area contributed by atoms with Gasteiger partial charge in [-0.25, -0.2) is 10.1 Å². The number of hydrogen-bond acceptors (Lipinski definition) is 4. The minimum Gasteiger partial charge on any atom is -0.294 e. The molecule has 0 bridgehead atoms. The molecule has 0 heterocycles. The summed E-state index contributed by atoms with van der Waals surface area (Å²) in [6.07, 6.45) is 0.179. The van der Waals surface area contributed by atoms with Gasteiger partial charge in [-0.3, -0.25) is 14.4 Å². The van der Waals surface area contributed by atoms with Gasteiger partial charge in [-0.05, 0) is 107 Å². The molecule has 5 heteroatoms. The predicted molar refractivity (Wildman–Crippen MR) is 148 cm³/mol. The summed E-state index contributed by atoms with van der Waals surface area (Å²) in [5.41, 5.74) is 7.67. The highest BCUT2D eigenvalue weighted by Crippen LogP contribution is 2.39. The minimum atomic E-state index is -0.0483. The number of allylic oxidation sites excluding steroid dienone is 2. The number of nitriles is 1. The van der Waals surface area contributed by atoms with Crippen LogP contribution in [0.4, 0.5) is 0 Å². The molecule has 6 rings (SSSR count). The molecule has 4 aromatic carbocycles. The van der Waals surface area contributed by atoms with Crippen LogP contribution in [0.15, 0.2) is 54.2 Å². The number of carbonyl (C=O) groups excluding carboxylic acids is 3. The molecule has 0 amide bonds. The maximum Gasteiger partial charge on any atom is 0.266 e. The summed E-state index contributed by atoms with van der Waals surface area (Å²) in [7, 11) is 0. The van der Waals surface area contributed by atoms with Crippen LogP contribution in [-0.4, -0.2) is 17.3 Å². The van der Waals surface area contributed by atoms with Crippen molar-refractivity contribution in [1.29, 1.82) is 5.26 Å². The lowest BCUT2D eigenvalue weighted by molar-refractivity contribution is 0.0921. The standard InChI is InChI=1S/C18H12N2O.C15H12O2/c1-10-4-5-11(2)13-7-16-14(6-12(10)13)15(8-18(16)21)17(9-19)20-3;1-8-3-4-9(2)11-6-13-12(5-10(8)11)14(16)7-15(13)17/h4-7H,8H2,1-2H3;3-6H,7H2,1-2H3/b17-15-;. The number of hydrogen-bond donors (Lipinski definition) is 0. The second-order valence-electron chi connectivity index (χ2n) is 9.96. The lowest BCUT2D eigenvalue weighted by Gasteiger charge is -2.09. The number of nitrogens with zero attached hydrogens (tertiary/aromatic N) is 2. The van der Waals surface area contributed by atoms with Gasteiger partial charge in [0.2, 0.25) is 0 Å². The van der Waals surface area contributed by atoms with E-state index in [0.717, 1.165) is 49.4 Å². The highest BCUT2D eigenvalue weighted by molar-refractivity contribution is 6.26. The zero-order chi connectivity index (χ0) is 27.3. The first-order valence-electron chi connectivity index (χ1n) is 12.3. The molecule has 38 heavy (non-hydrogen) atoms. The Balaban J connectivity index is 0.000000158. The van der Waals surface area contributed by atoms with Crippen LogP contribution >= 0.6 is 0 Å². The molecule has 0 saturated carbocycles. The van der Waals surface area contributed by atoms with E-state index in [1.54, 1.807) is 0 Å². The van der Waals surface area contributed by atoms with Crippen molar-refractivity contribution in [2.45, 2.75) is 40.5 Å². The average molecular weight is 497 g/mol. The number of carbonyl (C=O) groups is 3. The summed E-state index contributed by atoms with van der Waals surface area (Å²) >= 11 is 0.